The summed E-state index contributed by atoms with van der Waals surface area (Å²) < 4.78 is 37.2. The minimum Gasteiger partial charge on any atom is -0.465 e. The van der Waals surface area contributed by atoms with Gasteiger partial charge in [-0.3, -0.25) is 4.98 Å². The van der Waals surface area contributed by atoms with Crippen LogP contribution in [0, 0.1) is 5.92 Å². The number of nitrogens with zero attached hydrogens (tertiary/aromatic N) is 2. The van der Waals surface area contributed by atoms with Gasteiger partial charge in [-0.15, -0.1) is 0 Å². The second-order valence-electron chi connectivity index (χ2n) is 5.03. The van der Waals surface area contributed by atoms with Crippen molar-refractivity contribution in [2.45, 2.75) is 25.1 Å². The smallest absolute Gasteiger partial charge is 0.433 e. The molecule has 0 spiro atoms. The molecule has 1 amide bonds. The van der Waals surface area contributed by atoms with Gasteiger partial charge in [0, 0.05) is 19.3 Å². The van der Waals surface area contributed by atoms with Gasteiger partial charge in [-0.25, -0.2) is 4.79 Å². The fraction of sp³-hybridized carbons (Fsp3) is 0.538. The third-order valence-corrected chi connectivity index (χ3v) is 3.67. The number of halogens is 3. The Balaban J connectivity index is 2.01. The van der Waals surface area contributed by atoms with Crippen molar-refractivity contribution >= 4 is 6.09 Å². The summed E-state index contributed by atoms with van der Waals surface area (Å²) in [7, 11) is 0. The summed E-state index contributed by atoms with van der Waals surface area (Å²) in [5, 5.41) is 19.0. The van der Waals surface area contributed by atoms with E-state index in [1.807, 2.05) is 0 Å². The van der Waals surface area contributed by atoms with Crippen molar-refractivity contribution in [2.24, 2.45) is 5.92 Å². The molecule has 1 fully saturated rings. The maximum Gasteiger partial charge on any atom is 0.433 e. The summed E-state index contributed by atoms with van der Waals surface area (Å²) in [5.74, 6) is -0.181. The van der Waals surface area contributed by atoms with Gasteiger partial charge in [0.15, 0.2) is 0 Å². The van der Waals surface area contributed by atoms with E-state index in [0.717, 1.165) is 12.3 Å². The molecular formula is C13H15F3N2O3. The topological polar surface area (TPSA) is 73.7 Å². The first-order valence-electron chi connectivity index (χ1n) is 6.48. The van der Waals surface area contributed by atoms with E-state index in [9.17, 15) is 23.1 Å². The van der Waals surface area contributed by atoms with Crippen molar-refractivity contribution in [1.29, 1.82) is 0 Å². The van der Waals surface area contributed by atoms with Gasteiger partial charge in [-0.1, -0.05) is 6.07 Å². The predicted octanol–water partition coefficient (Wildman–Crippen LogP) is 2.52. The van der Waals surface area contributed by atoms with Gasteiger partial charge in [-0.2, -0.15) is 13.2 Å². The average molecular weight is 304 g/mol. The molecule has 116 valence electrons. The minimum absolute atomic E-state index is 0.181. The molecule has 2 rings (SSSR count). The van der Waals surface area contributed by atoms with Crippen LogP contribution in [-0.4, -0.2) is 39.3 Å². The molecule has 0 saturated carbocycles. The van der Waals surface area contributed by atoms with Gasteiger partial charge in [-0.05, 0) is 30.4 Å². The van der Waals surface area contributed by atoms with Crippen LogP contribution in [0.25, 0.3) is 0 Å². The Morgan fingerprint density at radius 2 is 1.95 bits per heavy atom. The Labute approximate surface area is 119 Å². The number of hydrogen-bond acceptors (Lipinski definition) is 3. The second kappa shape index (κ2) is 5.88. The zero-order chi connectivity index (χ0) is 15.6. The Hall–Kier alpha value is -1.83. The lowest BCUT2D eigenvalue weighted by molar-refractivity contribution is -0.141. The molecule has 1 aromatic heterocycles. The highest BCUT2D eigenvalue weighted by Gasteiger charge is 2.33. The third-order valence-electron chi connectivity index (χ3n) is 3.67. The number of aliphatic hydroxyl groups is 1. The van der Waals surface area contributed by atoms with E-state index >= 15 is 0 Å². The molecule has 0 bridgehead atoms. The molecule has 0 aromatic carbocycles. The molecular weight excluding hydrogens is 289 g/mol. The zero-order valence-electron chi connectivity index (χ0n) is 11.0. The van der Waals surface area contributed by atoms with Crippen molar-refractivity contribution in [1.82, 2.24) is 9.88 Å². The van der Waals surface area contributed by atoms with Gasteiger partial charge in [0.25, 0.3) is 0 Å². The molecule has 0 unspecified atom stereocenters. The number of aliphatic hydroxyl groups excluding tert-OH is 1. The number of carboxylic acid groups (broad SMARTS) is 1. The van der Waals surface area contributed by atoms with Gasteiger partial charge >= 0.3 is 12.3 Å². The second-order valence-corrected chi connectivity index (χ2v) is 5.03. The molecule has 1 aliphatic heterocycles. The quantitative estimate of drug-likeness (QED) is 0.880. The van der Waals surface area contributed by atoms with Crippen molar-refractivity contribution < 1.29 is 28.2 Å². The maximum atomic E-state index is 12.4. The van der Waals surface area contributed by atoms with Crippen LogP contribution >= 0.6 is 0 Å². The normalized spacial score (nSPS) is 18.6. The van der Waals surface area contributed by atoms with Crippen LogP contribution in [-0.2, 0) is 6.18 Å². The molecule has 1 saturated heterocycles. The van der Waals surface area contributed by atoms with Crippen molar-refractivity contribution in [3.8, 4) is 0 Å². The average Bonchev–Trinajstić information content (AvgIpc) is 2.46. The Kier molecular flexibility index (Phi) is 4.36. The molecule has 2 N–H and O–H groups in total. The van der Waals surface area contributed by atoms with Crippen molar-refractivity contribution in [2.75, 3.05) is 13.1 Å². The number of carbonyl (C=O) groups is 1. The number of hydrogen-bond donors (Lipinski definition) is 2. The first-order chi connectivity index (χ1) is 9.79. The summed E-state index contributed by atoms with van der Waals surface area (Å²) in [6.45, 7) is 0.621. The molecule has 1 aromatic rings. The summed E-state index contributed by atoms with van der Waals surface area (Å²) in [5.41, 5.74) is -0.684. The van der Waals surface area contributed by atoms with Gasteiger partial charge < -0.3 is 15.1 Å². The number of piperidine rings is 1. The molecule has 2 heterocycles. The van der Waals surface area contributed by atoms with E-state index in [1.165, 1.54) is 11.0 Å². The summed E-state index contributed by atoms with van der Waals surface area (Å²) in [6, 6.07) is 2.05. The van der Waals surface area contributed by atoms with E-state index in [1.54, 1.807) is 0 Å². The van der Waals surface area contributed by atoms with Crippen LogP contribution < -0.4 is 0 Å². The highest BCUT2D eigenvalue weighted by Crippen LogP contribution is 2.32. The lowest BCUT2D eigenvalue weighted by atomic mass is 9.88. The molecule has 1 aliphatic rings. The fourth-order valence-corrected chi connectivity index (χ4v) is 2.43. The Morgan fingerprint density at radius 1 is 1.33 bits per heavy atom. The van der Waals surface area contributed by atoms with E-state index < -0.39 is 24.1 Å². The number of rotatable bonds is 2. The first kappa shape index (κ1) is 15.6. The van der Waals surface area contributed by atoms with Crippen LogP contribution in [0.3, 0.4) is 0 Å². The zero-order valence-corrected chi connectivity index (χ0v) is 11.0. The van der Waals surface area contributed by atoms with Crippen LogP contribution in [0.1, 0.15) is 30.2 Å². The van der Waals surface area contributed by atoms with Crippen LogP contribution in [0.2, 0.25) is 0 Å². The highest BCUT2D eigenvalue weighted by atomic mass is 19.4. The van der Waals surface area contributed by atoms with Gasteiger partial charge in [0.05, 0.1) is 6.10 Å². The van der Waals surface area contributed by atoms with Crippen LogP contribution in [0.15, 0.2) is 18.3 Å². The number of alkyl halides is 3. The summed E-state index contributed by atoms with van der Waals surface area (Å²) in [4.78, 5) is 15.4. The van der Waals surface area contributed by atoms with Gasteiger partial charge in [0.2, 0.25) is 0 Å². The predicted molar refractivity (Wildman–Crippen MR) is 66.5 cm³/mol. The van der Waals surface area contributed by atoms with Crippen LogP contribution in [0.4, 0.5) is 18.0 Å². The first-order valence-corrected chi connectivity index (χ1v) is 6.48. The number of amides is 1. The Morgan fingerprint density at radius 3 is 2.38 bits per heavy atom. The fourth-order valence-electron chi connectivity index (χ4n) is 2.43. The molecule has 5 nitrogen and oxygen atoms in total. The molecule has 0 radical (unpaired) electrons. The van der Waals surface area contributed by atoms with E-state index in [0.29, 0.717) is 31.5 Å². The summed E-state index contributed by atoms with van der Waals surface area (Å²) in [6.07, 6.45) is -4.48. The number of likely N-dealkylation sites (tertiary alicyclic amines) is 1. The molecule has 21 heavy (non-hydrogen) atoms. The SMILES string of the molecule is O=C(O)N1CCC([C@H](O)c2ccc(C(F)(F)F)nc2)CC1. The Bertz CT molecular complexity index is 496. The van der Waals surface area contributed by atoms with Crippen LogP contribution in [0.5, 0.6) is 0 Å². The summed E-state index contributed by atoms with van der Waals surface area (Å²) >= 11 is 0. The third kappa shape index (κ3) is 3.63. The van der Waals surface area contributed by atoms with E-state index in [2.05, 4.69) is 4.98 Å². The molecule has 0 aliphatic carbocycles. The van der Waals surface area contributed by atoms with Crippen molar-refractivity contribution in [3.05, 3.63) is 29.6 Å². The van der Waals surface area contributed by atoms with E-state index in [-0.39, 0.29) is 5.92 Å². The lowest BCUT2D eigenvalue weighted by Gasteiger charge is -2.32. The van der Waals surface area contributed by atoms with Gasteiger partial charge in [0.1, 0.15) is 5.69 Å². The lowest BCUT2D eigenvalue weighted by Crippen LogP contribution is -2.38. The highest BCUT2D eigenvalue weighted by molar-refractivity contribution is 5.64. The molecule has 1 atom stereocenters. The van der Waals surface area contributed by atoms with E-state index in [4.69, 9.17) is 5.11 Å². The monoisotopic (exact) mass is 304 g/mol. The standard InChI is InChI=1S/C13H15F3N2O3/c14-13(15,16)10-2-1-9(7-17-10)11(19)8-3-5-18(6-4-8)12(20)21/h1-2,7-8,11,19H,3-6H2,(H,20,21)/t11-/m0/s1. The maximum absolute atomic E-state index is 12.4. The number of aromatic nitrogens is 1. The minimum atomic E-state index is -4.50. The van der Waals surface area contributed by atoms with Crippen molar-refractivity contribution in [3.63, 3.8) is 0 Å². The molecule has 8 heteroatoms. The largest absolute Gasteiger partial charge is 0.465 e. The number of pyridine rings is 1.